The van der Waals surface area contributed by atoms with Crippen LogP contribution in [0.4, 0.5) is 0 Å². The van der Waals surface area contributed by atoms with Gasteiger partial charge in [0.25, 0.3) is 6.02 Å². The van der Waals surface area contributed by atoms with Gasteiger partial charge in [-0.05, 0) is 17.7 Å². The van der Waals surface area contributed by atoms with Crippen molar-refractivity contribution < 1.29 is 4.74 Å². The first-order valence-electron chi connectivity index (χ1n) is 4.08. The van der Waals surface area contributed by atoms with Crippen LogP contribution < -0.4 is 5.73 Å². The molecular formula is C9H8Cl2N2O. The zero-order valence-electron chi connectivity index (χ0n) is 7.21. The van der Waals surface area contributed by atoms with Crippen LogP contribution in [0.25, 0.3) is 0 Å². The molecule has 0 amide bonds. The minimum atomic E-state index is -0.111. The van der Waals surface area contributed by atoms with Gasteiger partial charge in [0.05, 0.1) is 0 Å². The molecule has 0 radical (unpaired) electrons. The van der Waals surface area contributed by atoms with Crippen molar-refractivity contribution in [2.75, 3.05) is 6.61 Å². The molecule has 2 rings (SSSR count). The third kappa shape index (κ3) is 1.79. The highest BCUT2D eigenvalue weighted by molar-refractivity contribution is 6.35. The standard InChI is InChI=1S/C9H8Cl2N2O/c10-5-1-2-6(7(11)3-5)8-4-14-9(12)13-8/h1-3,8H,4H2,(H2,12,13)/t8-/m1/s1. The van der Waals surface area contributed by atoms with Gasteiger partial charge in [-0.1, -0.05) is 29.3 Å². The Morgan fingerprint density at radius 3 is 2.79 bits per heavy atom. The predicted octanol–water partition coefficient (Wildman–Crippen LogP) is 2.38. The Hall–Kier alpha value is -0.930. The van der Waals surface area contributed by atoms with Crippen LogP contribution in [0.3, 0.4) is 0 Å². The minimum Gasteiger partial charge on any atom is -0.463 e. The van der Waals surface area contributed by atoms with Crippen molar-refractivity contribution in [2.24, 2.45) is 10.7 Å². The lowest BCUT2D eigenvalue weighted by atomic mass is 10.1. The average Bonchev–Trinajstić information content (AvgIpc) is 2.51. The summed E-state index contributed by atoms with van der Waals surface area (Å²) >= 11 is 11.8. The molecule has 74 valence electrons. The third-order valence-corrected chi connectivity index (χ3v) is 2.56. The van der Waals surface area contributed by atoms with Crippen molar-refractivity contribution in [2.45, 2.75) is 6.04 Å². The first-order valence-corrected chi connectivity index (χ1v) is 4.83. The number of rotatable bonds is 1. The van der Waals surface area contributed by atoms with Gasteiger partial charge in [0.15, 0.2) is 0 Å². The van der Waals surface area contributed by atoms with Gasteiger partial charge in [-0.2, -0.15) is 0 Å². The molecule has 5 heteroatoms. The number of amidine groups is 1. The maximum absolute atomic E-state index is 6.01. The van der Waals surface area contributed by atoms with Gasteiger partial charge in [-0.3, -0.25) is 0 Å². The summed E-state index contributed by atoms with van der Waals surface area (Å²) in [7, 11) is 0. The second kappa shape index (κ2) is 3.67. The third-order valence-electron chi connectivity index (χ3n) is 1.99. The summed E-state index contributed by atoms with van der Waals surface area (Å²) in [6.07, 6.45) is 0. The Bertz CT molecular complexity index is 392. The van der Waals surface area contributed by atoms with E-state index in [-0.39, 0.29) is 12.1 Å². The van der Waals surface area contributed by atoms with E-state index < -0.39 is 0 Å². The van der Waals surface area contributed by atoms with Gasteiger partial charge in [0.2, 0.25) is 0 Å². The number of halogens is 2. The van der Waals surface area contributed by atoms with Crippen molar-refractivity contribution in [3.63, 3.8) is 0 Å². The van der Waals surface area contributed by atoms with Crippen molar-refractivity contribution in [3.05, 3.63) is 33.8 Å². The Balaban J connectivity index is 2.33. The van der Waals surface area contributed by atoms with Crippen LogP contribution in [0.1, 0.15) is 11.6 Å². The van der Waals surface area contributed by atoms with Crippen molar-refractivity contribution in [1.29, 1.82) is 0 Å². The molecule has 0 unspecified atom stereocenters. The van der Waals surface area contributed by atoms with E-state index in [1.165, 1.54) is 0 Å². The second-order valence-corrected chi connectivity index (χ2v) is 3.80. The second-order valence-electron chi connectivity index (χ2n) is 2.96. The summed E-state index contributed by atoms with van der Waals surface area (Å²) in [6, 6.07) is 5.39. The smallest absolute Gasteiger partial charge is 0.282 e. The van der Waals surface area contributed by atoms with E-state index >= 15 is 0 Å². The molecule has 0 aliphatic carbocycles. The molecule has 0 saturated carbocycles. The fraction of sp³-hybridized carbons (Fsp3) is 0.222. The van der Waals surface area contributed by atoms with E-state index in [4.69, 9.17) is 33.7 Å². The van der Waals surface area contributed by atoms with E-state index in [9.17, 15) is 0 Å². The number of hydrogen-bond donors (Lipinski definition) is 1. The van der Waals surface area contributed by atoms with Gasteiger partial charge in [0.1, 0.15) is 12.6 Å². The summed E-state index contributed by atoms with van der Waals surface area (Å²) in [5, 5.41) is 1.19. The Kier molecular flexibility index (Phi) is 2.52. The van der Waals surface area contributed by atoms with E-state index in [1.807, 2.05) is 6.07 Å². The monoisotopic (exact) mass is 230 g/mol. The molecule has 0 aromatic heterocycles. The normalized spacial score (nSPS) is 20.4. The van der Waals surface area contributed by atoms with Crippen LogP contribution >= 0.6 is 23.2 Å². The van der Waals surface area contributed by atoms with E-state index in [1.54, 1.807) is 12.1 Å². The van der Waals surface area contributed by atoms with Gasteiger partial charge >= 0.3 is 0 Å². The van der Waals surface area contributed by atoms with Gasteiger partial charge in [-0.25, -0.2) is 4.99 Å². The lowest BCUT2D eigenvalue weighted by Crippen LogP contribution is -2.10. The van der Waals surface area contributed by atoms with Gasteiger partial charge in [0, 0.05) is 10.0 Å². The van der Waals surface area contributed by atoms with Crippen LogP contribution in [0.2, 0.25) is 10.0 Å². The summed E-state index contributed by atoms with van der Waals surface area (Å²) in [5.41, 5.74) is 6.29. The zero-order chi connectivity index (χ0) is 10.1. The molecule has 1 aromatic carbocycles. The average molecular weight is 231 g/mol. The first kappa shape index (κ1) is 9.62. The minimum absolute atomic E-state index is 0.111. The Morgan fingerprint density at radius 1 is 1.43 bits per heavy atom. The maximum Gasteiger partial charge on any atom is 0.282 e. The quantitative estimate of drug-likeness (QED) is 0.806. The lowest BCUT2D eigenvalue weighted by molar-refractivity contribution is 0.315. The topological polar surface area (TPSA) is 47.6 Å². The molecule has 1 aromatic rings. The van der Waals surface area contributed by atoms with Gasteiger partial charge < -0.3 is 10.5 Å². The van der Waals surface area contributed by atoms with Crippen molar-refractivity contribution >= 4 is 29.2 Å². The number of nitrogens with two attached hydrogens (primary N) is 1. The number of nitrogens with zero attached hydrogens (tertiary/aromatic N) is 1. The fourth-order valence-corrected chi connectivity index (χ4v) is 1.86. The number of benzene rings is 1. The highest BCUT2D eigenvalue weighted by Gasteiger charge is 2.20. The Morgan fingerprint density at radius 2 is 2.21 bits per heavy atom. The van der Waals surface area contributed by atoms with E-state index in [0.29, 0.717) is 16.7 Å². The molecule has 0 fully saturated rings. The molecule has 0 spiro atoms. The number of aliphatic imine (C=N–C) groups is 1. The molecule has 0 saturated heterocycles. The molecule has 0 bridgehead atoms. The summed E-state index contributed by atoms with van der Waals surface area (Å²) in [4.78, 5) is 4.09. The SMILES string of the molecule is NC1=N[C@@H](c2ccc(Cl)cc2Cl)CO1. The summed E-state index contributed by atoms with van der Waals surface area (Å²) < 4.78 is 5.04. The van der Waals surface area contributed by atoms with E-state index in [2.05, 4.69) is 4.99 Å². The number of ether oxygens (including phenoxy) is 1. The predicted molar refractivity (Wildman–Crippen MR) is 56.8 cm³/mol. The largest absolute Gasteiger partial charge is 0.463 e. The van der Waals surface area contributed by atoms with Crippen LogP contribution in [-0.4, -0.2) is 12.6 Å². The van der Waals surface area contributed by atoms with Crippen LogP contribution in [0.15, 0.2) is 23.2 Å². The molecule has 2 N–H and O–H groups in total. The van der Waals surface area contributed by atoms with Crippen molar-refractivity contribution in [3.8, 4) is 0 Å². The molecule has 1 atom stereocenters. The molecule has 3 nitrogen and oxygen atoms in total. The molecule has 14 heavy (non-hydrogen) atoms. The molecule has 1 aliphatic heterocycles. The Labute approximate surface area is 91.5 Å². The maximum atomic E-state index is 6.01. The molecule has 1 aliphatic rings. The molecule has 1 heterocycles. The van der Waals surface area contributed by atoms with Crippen LogP contribution in [-0.2, 0) is 4.74 Å². The highest BCUT2D eigenvalue weighted by atomic mass is 35.5. The first-order chi connectivity index (χ1) is 6.66. The summed E-state index contributed by atoms with van der Waals surface area (Å²) in [6.45, 7) is 0.438. The highest BCUT2D eigenvalue weighted by Crippen LogP contribution is 2.30. The number of hydrogen-bond acceptors (Lipinski definition) is 3. The van der Waals surface area contributed by atoms with E-state index in [0.717, 1.165) is 5.56 Å². The zero-order valence-corrected chi connectivity index (χ0v) is 8.72. The van der Waals surface area contributed by atoms with Crippen LogP contribution in [0, 0.1) is 0 Å². The van der Waals surface area contributed by atoms with Crippen molar-refractivity contribution in [1.82, 2.24) is 0 Å². The molecular weight excluding hydrogens is 223 g/mol. The summed E-state index contributed by atoms with van der Waals surface area (Å²) in [5.74, 6) is 0. The lowest BCUT2D eigenvalue weighted by Gasteiger charge is -2.07. The fourth-order valence-electron chi connectivity index (χ4n) is 1.32. The van der Waals surface area contributed by atoms with Crippen LogP contribution in [0.5, 0.6) is 0 Å². The van der Waals surface area contributed by atoms with Gasteiger partial charge in [-0.15, -0.1) is 0 Å².